The fourth-order valence-electron chi connectivity index (χ4n) is 1.61. The normalized spacial score (nSPS) is 12.2. The van der Waals surface area contributed by atoms with Gasteiger partial charge < -0.3 is 19.2 Å². The van der Waals surface area contributed by atoms with E-state index in [2.05, 4.69) is 5.32 Å². The number of nitrogens with one attached hydrogen (secondary N) is 1. The topological polar surface area (TPSA) is 77.8 Å². The Morgan fingerprint density at radius 1 is 1.40 bits per heavy atom. The fourth-order valence-corrected chi connectivity index (χ4v) is 1.61. The van der Waals surface area contributed by atoms with Gasteiger partial charge in [-0.15, -0.1) is 0 Å². The Hall–Kier alpha value is -1.82. The standard InChI is InChI=1S/C14H21NO5/c1-10(2)9-12(13(16)15-6-8-18-3)20-14(17)11-5-4-7-19-11/h4-5,7,10,12H,6,8-9H2,1-3H3,(H,15,16). The van der Waals surface area contributed by atoms with Gasteiger partial charge in [0.1, 0.15) is 0 Å². The van der Waals surface area contributed by atoms with Crippen molar-refractivity contribution in [3.8, 4) is 0 Å². The van der Waals surface area contributed by atoms with Crippen molar-refractivity contribution in [2.75, 3.05) is 20.3 Å². The molecule has 6 heteroatoms. The third-order valence-corrected chi connectivity index (χ3v) is 2.55. The molecule has 1 unspecified atom stereocenters. The molecule has 1 aromatic heterocycles. The summed E-state index contributed by atoms with van der Waals surface area (Å²) in [4.78, 5) is 23.8. The Balaban J connectivity index is 2.59. The highest BCUT2D eigenvalue weighted by atomic mass is 16.6. The second-order valence-electron chi connectivity index (χ2n) is 4.78. The Kier molecular flexibility index (Phi) is 6.79. The average Bonchev–Trinajstić information content (AvgIpc) is 2.91. The molecule has 0 aromatic carbocycles. The zero-order chi connectivity index (χ0) is 15.0. The number of hydrogen-bond acceptors (Lipinski definition) is 5. The Morgan fingerprint density at radius 2 is 2.15 bits per heavy atom. The maximum Gasteiger partial charge on any atom is 0.374 e. The molecule has 112 valence electrons. The first kappa shape index (κ1) is 16.2. The van der Waals surface area contributed by atoms with Crippen molar-refractivity contribution in [3.63, 3.8) is 0 Å². The highest BCUT2D eigenvalue weighted by Crippen LogP contribution is 2.12. The van der Waals surface area contributed by atoms with Crippen LogP contribution in [0, 0.1) is 5.92 Å². The minimum atomic E-state index is -0.829. The van der Waals surface area contributed by atoms with E-state index in [0.717, 1.165) is 0 Å². The van der Waals surface area contributed by atoms with Gasteiger partial charge in [-0.25, -0.2) is 4.79 Å². The zero-order valence-corrected chi connectivity index (χ0v) is 12.0. The molecule has 0 aliphatic heterocycles. The molecule has 6 nitrogen and oxygen atoms in total. The maximum absolute atomic E-state index is 12.0. The molecule has 20 heavy (non-hydrogen) atoms. The predicted molar refractivity (Wildman–Crippen MR) is 72.3 cm³/mol. The Labute approximate surface area is 118 Å². The monoisotopic (exact) mass is 283 g/mol. The quantitative estimate of drug-likeness (QED) is 0.579. The lowest BCUT2D eigenvalue weighted by Gasteiger charge is -2.18. The number of ether oxygens (including phenoxy) is 2. The van der Waals surface area contributed by atoms with Gasteiger partial charge in [0.15, 0.2) is 6.10 Å². The summed E-state index contributed by atoms with van der Waals surface area (Å²) >= 11 is 0. The molecule has 0 spiro atoms. The Bertz CT molecular complexity index is 413. The molecule has 1 rings (SSSR count). The average molecular weight is 283 g/mol. The van der Waals surface area contributed by atoms with Gasteiger partial charge in [-0.1, -0.05) is 13.8 Å². The molecule has 1 N–H and O–H groups in total. The van der Waals surface area contributed by atoms with Crippen LogP contribution < -0.4 is 5.32 Å². The number of amides is 1. The molecular weight excluding hydrogens is 262 g/mol. The third kappa shape index (κ3) is 5.44. The van der Waals surface area contributed by atoms with Gasteiger partial charge in [-0.05, 0) is 24.5 Å². The molecule has 0 aliphatic carbocycles. The number of furan rings is 1. The summed E-state index contributed by atoms with van der Waals surface area (Å²) in [6.07, 6.45) is 1.00. The van der Waals surface area contributed by atoms with E-state index in [1.807, 2.05) is 13.8 Å². The summed E-state index contributed by atoms with van der Waals surface area (Å²) in [6, 6.07) is 3.09. The van der Waals surface area contributed by atoms with Crippen LogP contribution in [0.4, 0.5) is 0 Å². The van der Waals surface area contributed by atoms with Gasteiger partial charge in [0.25, 0.3) is 5.91 Å². The SMILES string of the molecule is COCCNC(=O)C(CC(C)C)OC(=O)c1ccco1. The number of esters is 1. The molecule has 1 atom stereocenters. The van der Waals surface area contributed by atoms with Gasteiger partial charge in [-0.2, -0.15) is 0 Å². The van der Waals surface area contributed by atoms with Crippen molar-refractivity contribution in [2.45, 2.75) is 26.4 Å². The molecule has 0 saturated carbocycles. The van der Waals surface area contributed by atoms with Gasteiger partial charge in [0.2, 0.25) is 5.76 Å². The van der Waals surface area contributed by atoms with Crippen LogP contribution in [0.25, 0.3) is 0 Å². The van der Waals surface area contributed by atoms with E-state index < -0.39 is 12.1 Å². The highest BCUT2D eigenvalue weighted by molar-refractivity contribution is 5.90. The first-order valence-corrected chi connectivity index (χ1v) is 6.55. The van der Waals surface area contributed by atoms with E-state index in [1.165, 1.54) is 12.3 Å². The molecular formula is C14H21NO5. The summed E-state index contributed by atoms with van der Waals surface area (Å²) in [5, 5.41) is 2.67. The lowest BCUT2D eigenvalue weighted by Crippen LogP contribution is -2.40. The third-order valence-electron chi connectivity index (χ3n) is 2.55. The minimum Gasteiger partial charge on any atom is -0.457 e. The summed E-state index contributed by atoms with van der Waals surface area (Å²) < 4.78 is 15.0. The molecule has 0 saturated heterocycles. The van der Waals surface area contributed by atoms with E-state index in [4.69, 9.17) is 13.9 Å². The molecule has 0 radical (unpaired) electrons. The van der Waals surface area contributed by atoms with Crippen LogP contribution in [0.2, 0.25) is 0 Å². The van der Waals surface area contributed by atoms with Crippen LogP contribution in [0.3, 0.4) is 0 Å². The van der Waals surface area contributed by atoms with Gasteiger partial charge in [-0.3, -0.25) is 4.79 Å². The molecule has 0 aliphatic rings. The second-order valence-corrected chi connectivity index (χ2v) is 4.78. The van der Waals surface area contributed by atoms with E-state index in [9.17, 15) is 9.59 Å². The van der Waals surface area contributed by atoms with Crippen molar-refractivity contribution >= 4 is 11.9 Å². The number of rotatable bonds is 8. The predicted octanol–water partition coefficient (Wildman–Crippen LogP) is 1.61. The van der Waals surface area contributed by atoms with Gasteiger partial charge in [0.05, 0.1) is 12.9 Å². The van der Waals surface area contributed by atoms with Crippen molar-refractivity contribution in [1.29, 1.82) is 0 Å². The van der Waals surface area contributed by atoms with Crippen LogP contribution in [0.15, 0.2) is 22.8 Å². The Morgan fingerprint density at radius 3 is 2.70 bits per heavy atom. The summed E-state index contributed by atoms with van der Waals surface area (Å²) in [7, 11) is 1.55. The van der Waals surface area contributed by atoms with E-state index >= 15 is 0 Å². The number of methoxy groups -OCH3 is 1. The van der Waals surface area contributed by atoms with Crippen molar-refractivity contribution in [3.05, 3.63) is 24.2 Å². The molecule has 0 fully saturated rings. The maximum atomic E-state index is 12.0. The van der Waals surface area contributed by atoms with Crippen LogP contribution in [0.5, 0.6) is 0 Å². The van der Waals surface area contributed by atoms with Crippen LogP contribution in [-0.4, -0.2) is 38.2 Å². The van der Waals surface area contributed by atoms with Crippen LogP contribution in [0.1, 0.15) is 30.8 Å². The van der Waals surface area contributed by atoms with Crippen LogP contribution >= 0.6 is 0 Å². The summed E-state index contributed by atoms with van der Waals surface area (Å²) in [6.45, 7) is 4.70. The second kappa shape index (κ2) is 8.37. The molecule has 1 aromatic rings. The lowest BCUT2D eigenvalue weighted by atomic mass is 10.1. The van der Waals surface area contributed by atoms with E-state index in [1.54, 1.807) is 13.2 Å². The van der Waals surface area contributed by atoms with Crippen molar-refractivity contribution in [1.82, 2.24) is 5.32 Å². The lowest BCUT2D eigenvalue weighted by molar-refractivity contribution is -0.131. The first-order chi connectivity index (χ1) is 9.54. The first-order valence-electron chi connectivity index (χ1n) is 6.55. The zero-order valence-electron chi connectivity index (χ0n) is 12.0. The molecule has 1 amide bonds. The summed E-state index contributed by atoms with van der Waals surface area (Å²) in [5.41, 5.74) is 0. The number of hydrogen-bond donors (Lipinski definition) is 1. The highest BCUT2D eigenvalue weighted by Gasteiger charge is 2.25. The molecule has 0 bridgehead atoms. The van der Waals surface area contributed by atoms with Crippen molar-refractivity contribution < 1.29 is 23.5 Å². The van der Waals surface area contributed by atoms with Crippen molar-refractivity contribution in [2.24, 2.45) is 5.92 Å². The van der Waals surface area contributed by atoms with Gasteiger partial charge >= 0.3 is 5.97 Å². The fraction of sp³-hybridized carbons (Fsp3) is 0.571. The van der Waals surface area contributed by atoms with Crippen LogP contribution in [-0.2, 0) is 14.3 Å². The summed E-state index contributed by atoms with van der Waals surface area (Å²) in [5.74, 6) is -0.653. The smallest absolute Gasteiger partial charge is 0.374 e. The van der Waals surface area contributed by atoms with Gasteiger partial charge in [0, 0.05) is 13.7 Å². The number of carbonyl (C=O) groups is 2. The molecule has 1 heterocycles. The largest absolute Gasteiger partial charge is 0.457 e. The minimum absolute atomic E-state index is 0.0865. The number of carbonyl (C=O) groups excluding carboxylic acids is 2. The van der Waals surface area contributed by atoms with E-state index in [-0.39, 0.29) is 17.6 Å². The van der Waals surface area contributed by atoms with E-state index in [0.29, 0.717) is 19.6 Å².